The minimum Gasteiger partial charge on any atom is -0.322 e. The summed E-state index contributed by atoms with van der Waals surface area (Å²) in [5.41, 5.74) is 1.88. The van der Waals surface area contributed by atoms with Crippen molar-refractivity contribution >= 4 is 11.6 Å². The summed E-state index contributed by atoms with van der Waals surface area (Å²) in [4.78, 5) is 17.5. The largest absolute Gasteiger partial charge is 0.322 e. The van der Waals surface area contributed by atoms with E-state index >= 15 is 0 Å². The molecule has 158 valence electrons. The Morgan fingerprint density at radius 2 is 1.88 bits per heavy atom. The molecule has 0 spiro atoms. The minimum atomic E-state index is -0.439. The number of rotatable bonds is 5. The average molecular weight is 427 g/mol. The molecule has 9 heteroatoms. The Kier molecular flexibility index (Phi) is 4.83. The van der Waals surface area contributed by atoms with Crippen LogP contribution in [0.15, 0.2) is 79.3 Å². The number of carbonyl (C=O) groups excluding carboxylic acids is 1. The zero-order valence-electron chi connectivity index (χ0n) is 17.0. The highest BCUT2D eigenvalue weighted by atomic mass is 19.1. The van der Waals surface area contributed by atoms with E-state index in [1.54, 1.807) is 47.3 Å². The van der Waals surface area contributed by atoms with Gasteiger partial charge in [-0.3, -0.25) is 9.89 Å². The predicted octanol–water partition coefficient (Wildman–Crippen LogP) is 4.15. The van der Waals surface area contributed by atoms with E-state index < -0.39 is 5.82 Å². The highest BCUT2D eigenvalue weighted by molar-refractivity contribution is 6.06. The van der Waals surface area contributed by atoms with Crippen LogP contribution < -0.4 is 5.32 Å². The fourth-order valence-corrected chi connectivity index (χ4v) is 3.43. The van der Waals surface area contributed by atoms with Gasteiger partial charge in [-0.15, -0.1) is 0 Å². The quantitative estimate of drug-likeness (QED) is 0.441. The molecule has 0 radical (unpaired) electrons. The number of H-pyrrole nitrogens is 1. The molecule has 0 saturated carbocycles. The molecule has 2 aromatic carbocycles. The van der Waals surface area contributed by atoms with E-state index in [1.807, 2.05) is 31.2 Å². The number of benzene rings is 2. The predicted molar refractivity (Wildman–Crippen MR) is 117 cm³/mol. The summed E-state index contributed by atoms with van der Waals surface area (Å²) in [6, 6.07) is 17.2. The van der Waals surface area contributed by atoms with Crippen LogP contribution in [0.25, 0.3) is 22.9 Å². The van der Waals surface area contributed by atoms with Crippen molar-refractivity contribution in [2.45, 2.75) is 6.92 Å². The molecule has 0 atom stereocenters. The summed E-state index contributed by atoms with van der Waals surface area (Å²) in [5, 5.41) is 14.2. The molecule has 3 heterocycles. The van der Waals surface area contributed by atoms with E-state index in [-0.39, 0.29) is 11.6 Å². The van der Waals surface area contributed by atoms with Crippen molar-refractivity contribution < 1.29 is 9.18 Å². The zero-order valence-corrected chi connectivity index (χ0v) is 17.0. The Hall–Kier alpha value is -4.53. The van der Waals surface area contributed by atoms with Crippen LogP contribution in [-0.2, 0) is 0 Å². The first-order valence-electron chi connectivity index (χ1n) is 9.87. The van der Waals surface area contributed by atoms with Gasteiger partial charge in [-0.25, -0.2) is 14.1 Å². The van der Waals surface area contributed by atoms with Gasteiger partial charge in [-0.05, 0) is 43.3 Å². The molecule has 0 fully saturated rings. The van der Waals surface area contributed by atoms with Gasteiger partial charge >= 0.3 is 0 Å². The molecule has 1 amide bonds. The number of hydrogen-bond acceptors (Lipinski definition) is 4. The van der Waals surface area contributed by atoms with Crippen LogP contribution >= 0.6 is 0 Å². The fourth-order valence-electron chi connectivity index (χ4n) is 3.43. The van der Waals surface area contributed by atoms with Crippen LogP contribution in [0.4, 0.5) is 10.1 Å². The SMILES string of the molecule is Cc1nc(-c2cccc(NC(=O)c3cnn(-c4ccccc4F)c3-n3cccc3)c2)n[nH]1. The molecule has 0 aliphatic heterocycles. The van der Waals surface area contributed by atoms with Gasteiger partial charge < -0.3 is 9.88 Å². The van der Waals surface area contributed by atoms with E-state index in [0.717, 1.165) is 5.56 Å². The van der Waals surface area contributed by atoms with E-state index in [1.165, 1.54) is 16.9 Å². The fraction of sp³-hybridized carbons (Fsp3) is 0.0435. The van der Waals surface area contributed by atoms with Crippen molar-refractivity contribution in [3.63, 3.8) is 0 Å². The van der Waals surface area contributed by atoms with Crippen LogP contribution in [0.1, 0.15) is 16.2 Å². The molecule has 8 nitrogen and oxygen atoms in total. The van der Waals surface area contributed by atoms with Crippen LogP contribution in [-0.4, -0.2) is 35.4 Å². The maximum absolute atomic E-state index is 14.5. The Morgan fingerprint density at radius 3 is 2.62 bits per heavy atom. The first kappa shape index (κ1) is 19.4. The molecular formula is C23H18FN7O. The maximum atomic E-state index is 14.5. The van der Waals surface area contributed by atoms with Gasteiger partial charge in [0.05, 0.1) is 6.20 Å². The number of aryl methyl sites for hydroxylation is 1. The second kappa shape index (κ2) is 7.95. The van der Waals surface area contributed by atoms with Crippen LogP contribution in [0.3, 0.4) is 0 Å². The highest BCUT2D eigenvalue weighted by Gasteiger charge is 2.21. The lowest BCUT2D eigenvalue weighted by molar-refractivity contribution is 0.102. The topological polar surface area (TPSA) is 93.4 Å². The van der Waals surface area contributed by atoms with Crippen molar-refractivity contribution in [1.29, 1.82) is 0 Å². The van der Waals surface area contributed by atoms with Crippen LogP contribution in [0.2, 0.25) is 0 Å². The van der Waals surface area contributed by atoms with E-state index in [0.29, 0.717) is 28.7 Å². The molecule has 0 unspecified atom stereocenters. The number of halogens is 1. The molecule has 0 saturated heterocycles. The van der Waals surface area contributed by atoms with Crippen molar-refractivity contribution in [3.8, 4) is 22.9 Å². The van der Waals surface area contributed by atoms with Gasteiger partial charge in [-0.1, -0.05) is 24.3 Å². The standard InChI is InChI=1S/C23H18FN7O/c1-15-26-21(29-28-15)16-7-6-8-17(13-16)27-22(32)18-14-25-31(20-10-3-2-9-19(20)24)23(18)30-11-4-5-12-30/h2-14H,1H3,(H,27,32)(H,26,28,29). The second-order valence-corrected chi connectivity index (χ2v) is 7.11. The number of nitrogens with one attached hydrogen (secondary N) is 2. The van der Waals surface area contributed by atoms with E-state index in [2.05, 4.69) is 25.6 Å². The Morgan fingerprint density at radius 1 is 1.06 bits per heavy atom. The zero-order chi connectivity index (χ0) is 22.1. The van der Waals surface area contributed by atoms with Crippen molar-refractivity contribution in [2.75, 3.05) is 5.32 Å². The van der Waals surface area contributed by atoms with Gasteiger partial charge in [0, 0.05) is 23.6 Å². The van der Waals surface area contributed by atoms with Gasteiger partial charge in [0.1, 0.15) is 22.9 Å². The lowest BCUT2D eigenvalue weighted by Crippen LogP contribution is -2.15. The van der Waals surface area contributed by atoms with Crippen LogP contribution in [0.5, 0.6) is 0 Å². The maximum Gasteiger partial charge on any atom is 0.261 e. The normalized spacial score (nSPS) is 10.9. The Labute approximate surface area is 182 Å². The molecule has 0 aliphatic carbocycles. The number of carbonyl (C=O) groups is 1. The number of anilines is 1. The highest BCUT2D eigenvalue weighted by Crippen LogP contribution is 2.24. The molecule has 2 N–H and O–H groups in total. The van der Waals surface area contributed by atoms with Crippen LogP contribution in [0, 0.1) is 12.7 Å². The van der Waals surface area contributed by atoms with Gasteiger partial charge in [0.2, 0.25) is 0 Å². The molecule has 0 aliphatic rings. The van der Waals surface area contributed by atoms with Gasteiger partial charge in [-0.2, -0.15) is 10.2 Å². The number of amides is 1. The van der Waals surface area contributed by atoms with E-state index in [4.69, 9.17) is 0 Å². The number of aromatic amines is 1. The summed E-state index contributed by atoms with van der Waals surface area (Å²) in [6.07, 6.45) is 4.98. The Balaban J connectivity index is 1.52. The minimum absolute atomic E-state index is 0.247. The number of nitrogens with zero attached hydrogens (tertiary/aromatic N) is 5. The lowest BCUT2D eigenvalue weighted by Gasteiger charge is -2.12. The number of hydrogen-bond donors (Lipinski definition) is 2. The summed E-state index contributed by atoms with van der Waals surface area (Å²) >= 11 is 0. The summed E-state index contributed by atoms with van der Waals surface area (Å²) in [5.74, 6) is 0.855. The van der Waals surface area contributed by atoms with Crippen molar-refractivity contribution in [3.05, 3.63) is 96.5 Å². The first-order valence-corrected chi connectivity index (χ1v) is 9.87. The Bertz CT molecular complexity index is 1400. The molecule has 5 aromatic rings. The smallest absolute Gasteiger partial charge is 0.261 e. The lowest BCUT2D eigenvalue weighted by atomic mass is 10.2. The average Bonchev–Trinajstić information content (AvgIpc) is 3.54. The first-order chi connectivity index (χ1) is 15.6. The summed E-state index contributed by atoms with van der Waals surface area (Å²) in [6.45, 7) is 1.82. The molecule has 5 rings (SSSR count). The summed E-state index contributed by atoms with van der Waals surface area (Å²) in [7, 11) is 0. The molecular weight excluding hydrogens is 409 g/mol. The third-order valence-corrected chi connectivity index (χ3v) is 4.89. The molecule has 32 heavy (non-hydrogen) atoms. The third kappa shape index (κ3) is 3.56. The van der Waals surface area contributed by atoms with Crippen molar-refractivity contribution in [1.82, 2.24) is 29.5 Å². The van der Waals surface area contributed by atoms with E-state index in [9.17, 15) is 9.18 Å². The van der Waals surface area contributed by atoms with Gasteiger partial charge in [0.15, 0.2) is 11.6 Å². The monoisotopic (exact) mass is 427 g/mol. The number of para-hydroxylation sites is 1. The summed E-state index contributed by atoms with van der Waals surface area (Å²) < 4.78 is 17.6. The molecule has 3 aromatic heterocycles. The number of aromatic nitrogens is 6. The third-order valence-electron chi connectivity index (χ3n) is 4.89. The van der Waals surface area contributed by atoms with Crippen molar-refractivity contribution in [2.24, 2.45) is 0 Å². The molecule has 0 bridgehead atoms. The van der Waals surface area contributed by atoms with Gasteiger partial charge in [0.25, 0.3) is 5.91 Å². The second-order valence-electron chi connectivity index (χ2n) is 7.11.